The number of rotatable bonds is 5. The zero-order valence-electron chi connectivity index (χ0n) is 12.4. The monoisotopic (exact) mass is 316 g/mol. The van der Waals surface area contributed by atoms with Crippen molar-refractivity contribution < 1.29 is 22.8 Å². The number of aliphatic carboxylic acids is 1. The molecule has 0 spiro atoms. The quantitative estimate of drug-likeness (QED) is 0.884. The van der Waals surface area contributed by atoms with E-state index in [0.717, 1.165) is 0 Å². The Morgan fingerprint density at radius 2 is 2.14 bits per heavy atom. The lowest BCUT2D eigenvalue weighted by Crippen LogP contribution is -2.37. The van der Waals surface area contributed by atoms with Gasteiger partial charge in [0, 0.05) is 13.1 Å². The van der Waals surface area contributed by atoms with E-state index >= 15 is 0 Å². The molecule has 0 aliphatic carbocycles. The molecule has 0 saturated carbocycles. The maximum atomic E-state index is 12.7. The van der Waals surface area contributed by atoms with Crippen molar-refractivity contribution >= 4 is 16.0 Å². The number of carbonyl (C=O) groups is 1. The molecule has 1 aromatic heterocycles. The third kappa shape index (κ3) is 2.57. The fourth-order valence-corrected chi connectivity index (χ4v) is 4.79. The first-order valence-electron chi connectivity index (χ1n) is 6.91. The molecule has 7 nitrogen and oxygen atoms in total. The van der Waals surface area contributed by atoms with Crippen molar-refractivity contribution in [2.45, 2.75) is 44.9 Å². The molecule has 1 aliphatic rings. The van der Waals surface area contributed by atoms with Gasteiger partial charge in [-0.15, -0.1) is 0 Å². The highest BCUT2D eigenvalue weighted by Gasteiger charge is 2.48. The Kier molecular flexibility index (Phi) is 4.12. The van der Waals surface area contributed by atoms with Crippen molar-refractivity contribution in [2.75, 3.05) is 13.1 Å². The van der Waals surface area contributed by atoms with E-state index < -0.39 is 21.4 Å². The van der Waals surface area contributed by atoms with Gasteiger partial charge in [0.25, 0.3) is 0 Å². The second kappa shape index (κ2) is 5.42. The smallest absolute Gasteiger partial charge is 0.311 e. The maximum Gasteiger partial charge on any atom is 0.311 e. The molecule has 1 aromatic rings. The van der Waals surface area contributed by atoms with Crippen LogP contribution in [0.25, 0.3) is 0 Å². The van der Waals surface area contributed by atoms with E-state index in [2.05, 4.69) is 5.16 Å². The minimum Gasteiger partial charge on any atom is -0.481 e. The Morgan fingerprint density at radius 1 is 1.48 bits per heavy atom. The summed E-state index contributed by atoms with van der Waals surface area (Å²) in [5, 5.41) is 13.1. The number of nitrogens with zero attached hydrogens (tertiary/aromatic N) is 2. The van der Waals surface area contributed by atoms with Crippen molar-refractivity contribution in [3.05, 3.63) is 11.5 Å². The van der Waals surface area contributed by atoms with Crippen LogP contribution >= 0.6 is 0 Å². The fourth-order valence-electron chi connectivity index (χ4n) is 2.98. The maximum absolute atomic E-state index is 12.7. The second-order valence-corrected chi connectivity index (χ2v) is 7.45. The summed E-state index contributed by atoms with van der Waals surface area (Å²) in [5.74, 6) is -0.698. The van der Waals surface area contributed by atoms with E-state index in [1.54, 1.807) is 13.8 Å². The number of aryl methyl sites for hydroxylation is 2. The molecule has 0 bridgehead atoms. The first kappa shape index (κ1) is 16.0. The zero-order valence-corrected chi connectivity index (χ0v) is 13.2. The number of aromatic nitrogens is 1. The van der Waals surface area contributed by atoms with Gasteiger partial charge >= 0.3 is 5.97 Å². The van der Waals surface area contributed by atoms with Crippen LogP contribution in [0.3, 0.4) is 0 Å². The molecule has 0 amide bonds. The van der Waals surface area contributed by atoms with Crippen LogP contribution in [0.15, 0.2) is 9.42 Å². The third-order valence-electron chi connectivity index (χ3n) is 4.07. The summed E-state index contributed by atoms with van der Waals surface area (Å²) in [6.07, 6.45) is 1.50. The van der Waals surface area contributed by atoms with E-state index in [-0.39, 0.29) is 23.7 Å². The molecule has 1 atom stereocenters. The van der Waals surface area contributed by atoms with Crippen LogP contribution in [0, 0.1) is 19.3 Å². The Hall–Kier alpha value is -1.41. The molecule has 1 aliphatic heterocycles. The van der Waals surface area contributed by atoms with Crippen LogP contribution in [-0.4, -0.2) is 42.0 Å². The lowest BCUT2D eigenvalue weighted by atomic mass is 9.83. The van der Waals surface area contributed by atoms with E-state index in [4.69, 9.17) is 4.52 Å². The second-order valence-electron chi connectivity index (χ2n) is 5.58. The van der Waals surface area contributed by atoms with Gasteiger partial charge in [0.1, 0.15) is 10.6 Å². The van der Waals surface area contributed by atoms with Gasteiger partial charge in [-0.25, -0.2) is 8.42 Å². The summed E-state index contributed by atoms with van der Waals surface area (Å²) in [5.41, 5.74) is -0.684. The van der Waals surface area contributed by atoms with Crippen molar-refractivity contribution in [1.29, 1.82) is 0 Å². The van der Waals surface area contributed by atoms with Gasteiger partial charge < -0.3 is 9.63 Å². The van der Waals surface area contributed by atoms with Gasteiger partial charge in [-0.1, -0.05) is 18.5 Å². The molecule has 8 heteroatoms. The summed E-state index contributed by atoms with van der Waals surface area (Å²) >= 11 is 0. The molecule has 21 heavy (non-hydrogen) atoms. The lowest BCUT2D eigenvalue weighted by Gasteiger charge is -2.24. The van der Waals surface area contributed by atoms with Crippen LogP contribution in [0.4, 0.5) is 0 Å². The van der Waals surface area contributed by atoms with Gasteiger partial charge in [0.05, 0.1) is 5.41 Å². The normalized spacial score (nSPS) is 23.6. The summed E-state index contributed by atoms with van der Waals surface area (Å²) in [7, 11) is -3.77. The standard InChI is InChI=1S/C13H20N2O5S/c1-4-5-13(12(16)17)6-7-15(8-13)21(18,19)11-9(2)14-20-10(11)3/h4-8H2,1-3H3,(H,16,17). The summed E-state index contributed by atoms with van der Waals surface area (Å²) in [6.45, 7) is 5.22. The fraction of sp³-hybridized carbons (Fsp3) is 0.692. The topological polar surface area (TPSA) is 101 Å². The Labute approximate surface area is 124 Å². The Morgan fingerprint density at radius 3 is 2.62 bits per heavy atom. The molecule has 0 radical (unpaired) electrons. The summed E-state index contributed by atoms with van der Waals surface area (Å²) in [6, 6.07) is 0. The number of hydrogen-bond donors (Lipinski definition) is 1. The number of hydrogen-bond acceptors (Lipinski definition) is 5. The van der Waals surface area contributed by atoms with Gasteiger partial charge in [0.2, 0.25) is 10.0 Å². The van der Waals surface area contributed by atoms with Crippen LogP contribution in [0.5, 0.6) is 0 Å². The van der Waals surface area contributed by atoms with Crippen molar-refractivity contribution in [1.82, 2.24) is 9.46 Å². The van der Waals surface area contributed by atoms with Crippen molar-refractivity contribution in [2.24, 2.45) is 5.41 Å². The highest BCUT2D eigenvalue weighted by Crippen LogP contribution is 2.38. The molecule has 1 unspecified atom stereocenters. The van der Waals surface area contributed by atoms with Crippen LogP contribution in [-0.2, 0) is 14.8 Å². The summed E-state index contributed by atoms with van der Waals surface area (Å²) in [4.78, 5) is 11.6. The average molecular weight is 316 g/mol. The Bertz CT molecular complexity index is 632. The highest BCUT2D eigenvalue weighted by atomic mass is 32.2. The first-order chi connectivity index (χ1) is 9.74. The Balaban J connectivity index is 2.35. The number of carboxylic acids is 1. The first-order valence-corrected chi connectivity index (χ1v) is 8.35. The van der Waals surface area contributed by atoms with Gasteiger partial charge in [-0.3, -0.25) is 4.79 Å². The van der Waals surface area contributed by atoms with Crippen LogP contribution < -0.4 is 0 Å². The van der Waals surface area contributed by atoms with Crippen LogP contribution in [0.2, 0.25) is 0 Å². The summed E-state index contributed by atoms with van der Waals surface area (Å²) < 4.78 is 31.5. The van der Waals surface area contributed by atoms with E-state index in [9.17, 15) is 18.3 Å². The predicted molar refractivity (Wildman–Crippen MR) is 74.3 cm³/mol. The van der Waals surface area contributed by atoms with E-state index in [0.29, 0.717) is 25.0 Å². The molecule has 1 fully saturated rings. The third-order valence-corrected chi connectivity index (χ3v) is 6.16. The molecule has 2 heterocycles. The van der Waals surface area contributed by atoms with Gasteiger partial charge in [0.15, 0.2) is 5.76 Å². The molecular weight excluding hydrogens is 296 g/mol. The van der Waals surface area contributed by atoms with Crippen molar-refractivity contribution in [3.8, 4) is 0 Å². The number of sulfonamides is 1. The highest BCUT2D eigenvalue weighted by molar-refractivity contribution is 7.89. The largest absolute Gasteiger partial charge is 0.481 e. The zero-order chi connectivity index (χ0) is 15.8. The molecule has 2 rings (SSSR count). The van der Waals surface area contributed by atoms with E-state index in [1.165, 1.54) is 4.31 Å². The molecule has 0 aromatic carbocycles. The molecule has 118 valence electrons. The van der Waals surface area contributed by atoms with Gasteiger partial charge in [-0.05, 0) is 26.7 Å². The predicted octanol–water partition coefficient (Wildman–Crippen LogP) is 1.56. The van der Waals surface area contributed by atoms with Crippen LogP contribution in [0.1, 0.15) is 37.6 Å². The van der Waals surface area contributed by atoms with E-state index in [1.807, 2.05) is 6.92 Å². The molecule has 1 N–H and O–H groups in total. The minimum absolute atomic E-state index is 0.00255. The SMILES string of the molecule is CCCC1(C(=O)O)CCN(S(=O)(=O)c2c(C)noc2C)C1. The molecule has 1 saturated heterocycles. The van der Waals surface area contributed by atoms with Gasteiger partial charge in [-0.2, -0.15) is 4.31 Å². The number of carboxylic acid groups (broad SMARTS) is 1. The van der Waals surface area contributed by atoms with Crippen molar-refractivity contribution in [3.63, 3.8) is 0 Å². The minimum atomic E-state index is -3.77. The lowest BCUT2D eigenvalue weighted by molar-refractivity contribution is -0.148. The average Bonchev–Trinajstić information content (AvgIpc) is 2.96. The molecular formula is C13H20N2O5S.